The molecule has 25 heavy (non-hydrogen) atoms. The van der Waals surface area contributed by atoms with Gasteiger partial charge < -0.3 is 9.80 Å². The summed E-state index contributed by atoms with van der Waals surface area (Å²) in [5.74, 6) is 0. The first-order chi connectivity index (χ1) is 12.3. The van der Waals surface area contributed by atoms with Gasteiger partial charge in [-0.25, -0.2) is 0 Å². The largest absolute Gasteiger partial charge is 0.356 e. The van der Waals surface area contributed by atoms with E-state index in [0.29, 0.717) is 6.17 Å². The zero-order valence-corrected chi connectivity index (χ0v) is 16.5. The molecule has 0 N–H and O–H groups in total. The Morgan fingerprint density at radius 1 is 0.720 bits per heavy atom. The summed E-state index contributed by atoms with van der Waals surface area (Å²) < 4.78 is 0. The molecule has 0 aliphatic carbocycles. The number of benzene rings is 1. The van der Waals surface area contributed by atoms with Gasteiger partial charge in [-0.1, -0.05) is 95.5 Å². The smallest absolute Gasteiger partial charge is 0.101 e. The van der Waals surface area contributed by atoms with Crippen LogP contribution in [0, 0.1) is 0 Å². The molecule has 1 unspecified atom stereocenters. The van der Waals surface area contributed by atoms with Crippen molar-refractivity contribution in [2.75, 3.05) is 6.54 Å². The van der Waals surface area contributed by atoms with Crippen LogP contribution in [0.2, 0.25) is 0 Å². The Labute approximate surface area is 155 Å². The van der Waals surface area contributed by atoms with Gasteiger partial charge in [0, 0.05) is 25.5 Å². The lowest BCUT2D eigenvalue weighted by Crippen LogP contribution is -2.38. The number of hydrogen-bond acceptors (Lipinski definition) is 2. The lowest BCUT2D eigenvalue weighted by Gasteiger charge is -2.33. The molecule has 0 fully saturated rings. The molecule has 0 saturated heterocycles. The molecule has 0 bridgehead atoms. The molecule has 1 aliphatic heterocycles. The predicted octanol–water partition coefficient (Wildman–Crippen LogP) is 6.54. The summed E-state index contributed by atoms with van der Waals surface area (Å²) in [6.45, 7) is 6.82. The Hall–Kier alpha value is -1.44. The Morgan fingerprint density at radius 3 is 2.04 bits per heavy atom. The summed E-state index contributed by atoms with van der Waals surface area (Å²) in [5, 5.41) is 0. The molecule has 140 valence electrons. The van der Waals surface area contributed by atoms with E-state index in [0.717, 1.165) is 6.54 Å². The van der Waals surface area contributed by atoms with Crippen LogP contribution in [0.5, 0.6) is 0 Å². The van der Waals surface area contributed by atoms with E-state index < -0.39 is 0 Å². The van der Waals surface area contributed by atoms with Gasteiger partial charge in [-0.2, -0.15) is 0 Å². The molecule has 1 aliphatic rings. The average Bonchev–Trinajstić information content (AvgIpc) is 3.00. The fraction of sp³-hybridized carbons (Fsp3) is 0.652. The van der Waals surface area contributed by atoms with Crippen LogP contribution in [0.3, 0.4) is 0 Å². The fourth-order valence-electron chi connectivity index (χ4n) is 3.75. The first-order valence-electron chi connectivity index (χ1n) is 10.6. The molecule has 2 heteroatoms. The van der Waals surface area contributed by atoms with Crippen molar-refractivity contribution in [1.29, 1.82) is 0 Å². The van der Waals surface area contributed by atoms with Gasteiger partial charge in [0.25, 0.3) is 0 Å². The molecule has 1 atom stereocenters. The van der Waals surface area contributed by atoms with Gasteiger partial charge in [-0.15, -0.1) is 0 Å². The molecule has 2 nitrogen and oxygen atoms in total. The maximum atomic E-state index is 2.57. The van der Waals surface area contributed by atoms with Crippen molar-refractivity contribution >= 4 is 0 Å². The minimum absolute atomic E-state index is 0.551. The third kappa shape index (κ3) is 7.13. The second-order valence-corrected chi connectivity index (χ2v) is 7.44. The number of nitrogens with zero attached hydrogens (tertiary/aromatic N) is 2. The van der Waals surface area contributed by atoms with E-state index in [1.807, 2.05) is 0 Å². The predicted molar refractivity (Wildman–Crippen MR) is 109 cm³/mol. The van der Waals surface area contributed by atoms with Crippen LogP contribution in [-0.4, -0.2) is 22.5 Å². The highest BCUT2D eigenvalue weighted by Crippen LogP contribution is 2.23. The van der Waals surface area contributed by atoms with Crippen LogP contribution in [0.4, 0.5) is 0 Å². The van der Waals surface area contributed by atoms with Crippen LogP contribution in [0.25, 0.3) is 0 Å². The van der Waals surface area contributed by atoms with Crippen molar-refractivity contribution in [1.82, 2.24) is 9.80 Å². The number of hydrogen-bond donors (Lipinski definition) is 0. The van der Waals surface area contributed by atoms with E-state index in [2.05, 4.69) is 66.4 Å². The first-order valence-corrected chi connectivity index (χ1v) is 10.6. The van der Waals surface area contributed by atoms with Gasteiger partial charge in [0.1, 0.15) is 6.17 Å². The van der Waals surface area contributed by atoms with Crippen molar-refractivity contribution in [3.8, 4) is 0 Å². The summed E-state index contributed by atoms with van der Waals surface area (Å²) in [7, 11) is 0. The van der Waals surface area contributed by atoms with Crippen molar-refractivity contribution in [3.05, 3.63) is 48.3 Å². The summed E-state index contributed by atoms with van der Waals surface area (Å²) in [6.07, 6.45) is 18.8. The molecular weight excluding hydrogens is 304 g/mol. The van der Waals surface area contributed by atoms with Crippen molar-refractivity contribution in [3.63, 3.8) is 0 Å². The van der Waals surface area contributed by atoms with Crippen LogP contribution >= 0.6 is 0 Å². The van der Waals surface area contributed by atoms with E-state index >= 15 is 0 Å². The second kappa shape index (κ2) is 12.0. The molecule has 1 aromatic rings. The van der Waals surface area contributed by atoms with Crippen LogP contribution in [-0.2, 0) is 6.54 Å². The standard InChI is InChI=1S/C23H38N2/c1-3-5-6-7-8-9-10-14-18-24-19-20-25(23(24)15-4-2)21-22-16-12-11-13-17-22/h11-13,16-17,19-20,23H,3-10,14-15,18,21H2,1-2H3. The zero-order valence-electron chi connectivity index (χ0n) is 16.5. The van der Waals surface area contributed by atoms with Crippen molar-refractivity contribution in [2.24, 2.45) is 0 Å². The van der Waals surface area contributed by atoms with Gasteiger partial charge in [0.05, 0.1) is 0 Å². The number of unbranched alkanes of at least 4 members (excludes halogenated alkanes) is 7. The third-order valence-electron chi connectivity index (χ3n) is 5.24. The third-order valence-corrected chi connectivity index (χ3v) is 5.24. The summed E-state index contributed by atoms with van der Waals surface area (Å²) in [6, 6.07) is 10.8. The zero-order chi connectivity index (χ0) is 17.7. The van der Waals surface area contributed by atoms with E-state index in [-0.39, 0.29) is 0 Å². The highest BCUT2D eigenvalue weighted by molar-refractivity contribution is 5.15. The molecule has 0 aromatic heterocycles. The maximum absolute atomic E-state index is 2.57. The molecule has 1 aromatic carbocycles. The average molecular weight is 343 g/mol. The SMILES string of the molecule is CCCCCCCCCCN1C=CN(Cc2ccccc2)C1CCC. The molecule has 0 radical (unpaired) electrons. The van der Waals surface area contributed by atoms with E-state index in [1.54, 1.807) is 0 Å². The van der Waals surface area contributed by atoms with Gasteiger partial charge in [-0.05, 0) is 18.4 Å². The maximum Gasteiger partial charge on any atom is 0.101 e. The summed E-state index contributed by atoms with van der Waals surface area (Å²) in [5.41, 5.74) is 1.40. The molecule has 2 rings (SSSR count). The molecule has 0 saturated carbocycles. The minimum atomic E-state index is 0.551. The molecular formula is C23H38N2. The number of rotatable bonds is 13. The molecule has 0 amide bonds. The van der Waals surface area contributed by atoms with Gasteiger partial charge >= 0.3 is 0 Å². The topological polar surface area (TPSA) is 6.48 Å². The fourth-order valence-corrected chi connectivity index (χ4v) is 3.75. The Bertz CT molecular complexity index is 468. The Morgan fingerprint density at radius 2 is 1.36 bits per heavy atom. The molecule has 1 heterocycles. The first kappa shape index (κ1) is 19.9. The lowest BCUT2D eigenvalue weighted by molar-refractivity contribution is 0.134. The van der Waals surface area contributed by atoms with Gasteiger partial charge in [-0.3, -0.25) is 0 Å². The highest BCUT2D eigenvalue weighted by atomic mass is 15.4. The van der Waals surface area contributed by atoms with Crippen LogP contribution < -0.4 is 0 Å². The highest BCUT2D eigenvalue weighted by Gasteiger charge is 2.24. The Kier molecular flexibility index (Phi) is 9.54. The Balaban J connectivity index is 1.69. The quantitative estimate of drug-likeness (QED) is 0.375. The second-order valence-electron chi connectivity index (χ2n) is 7.44. The summed E-state index contributed by atoms with van der Waals surface area (Å²) in [4.78, 5) is 5.09. The van der Waals surface area contributed by atoms with Crippen molar-refractivity contribution in [2.45, 2.75) is 90.8 Å². The van der Waals surface area contributed by atoms with E-state index in [1.165, 1.54) is 76.3 Å². The summed E-state index contributed by atoms with van der Waals surface area (Å²) >= 11 is 0. The molecule has 0 spiro atoms. The van der Waals surface area contributed by atoms with Crippen molar-refractivity contribution < 1.29 is 0 Å². The van der Waals surface area contributed by atoms with E-state index in [9.17, 15) is 0 Å². The monoisotopic (exact) mass is 342 g/mol. The normalized spacial score (nSPS) is 16.8. The minimum Gasteiger partial charge on any atom is -0.356 e. The lowest BCUT2D eigenvalue weighted by atomic mass is 10.1. The van der Waals surface area contributed by atoms with E-state index in [4.69, 9.17) is 0 Å². The van der Waals surface area contributed by atoms with Gasteiger partial charge in [0.15, 0.2) is 0 Å². The van der Waals surface area contributed by atoms with Crippen LogP contribution in [0.15, 0.2) is 42.7 Å². The van der Waals surface area contributed by atoms with Gasteiger partial charge in [0.2, 0.25) is 0 Å². The van der Waals surface area contributed by atoms with Crippen LogP contribution in [0.1, 0.15) is 83.6 Å².